The molecule has 4 rings (SSSR count). The van der Waals surface area contributed by atoms with Crippen LogP contribution in [-0.2, 0) is 11.3 Å². The van der Waals surface area contributed by atoms with Crippen LogP contribution in [0.3, 0.4) is 0 Å². The maximum Gasteiger partial charge on any atom is 0.263 e. The topological polar surface area (TPSA) is 81.3 Å². The van der Waals surface area contributed by atoms with Crippen LogP contribution in [0.5, 0.6) is 0 Å². The van der Waals surface area contributed by atoms with E-state index in [1.54, 1.807) is 35.6 Å². The maximum atomic E-state index is 13.4. The molecule has 2 aromatic heterocycles. The van der Waals surface area contributed by atoms with Crippen molar-refractivity contribution >= 4 is 40.0 Å². The van der Waals surface area contributed by atoms with Crippen LogP contribution in [0.2, 0.25) is 0 Å². The Hall–Kier alpha value is -3.46. The summed E-state index contributed by atoms with van der Waals surface area (Å²) in [6, 6.07) is 12.9. The van der Waals surface area contributed by atoms with Crippen LogP contribution < -0.4 is 10.9 Å². The second kappa shape index (κ2) is 8.11. The number of carbonyl (C=O) groups excluding carboxylic acids is 1. The highest BCUT2D eigenvalue weighted by Crippen LogP contribution is 2.26. The third kappa shape index (κ3) is 3.59. The van der Waals surface area contributed by atoms with Crippen LogP contribution in [0, 0.1) is 5.82 Å². The fourth-order valence-corrected chi connectivity index (χ4v) is 3.98. The Balaban J connectivity index is 1.72. The van der Waals surface area contributed by atoms with Crippen molar-refractivity contribution in [2.45, 2.75) is 23.9 Å². The van der Waals surface area contributed by atoms with Gasteiger partial charge in [-0.1, -0.05) is 36.0 Å². The molecular weight excluding hydrogens is 405 g/mol. The largest absolute Gasteiger partial charge is 0.325 e. The molecule has 0 fully saturated rings. The first-order valence-electron chi connectivity index (χ1n) is 9.20. The number of rotatable bonds is 6. The van der Waals surface area contributed by atoms with Gasteiger partial charge in [-0.3, -0.25) is 18.6 Å². The number of benzene rings is 2. The number of nitrogens with zero attached hydrogens (tertiary/aromatic N) is 4. The third-order valence-electron chi connectivity index (χ3n) is 4.53. The van der Waals surface area contributed by atoms with Crippen molar-refractivity contribution in [3.05, 3.63) is 77.4 Å². The first kappa shape index (κ1) is 19.8. The van der Waals surface area contributed by atoms with Gasteiger partial charge in [-0.05, 0) is 37.3 Å². The molecule has 0 saturated heterocycles. The zero-order valence-corrected chi connectivity index (χ0v) is 16.9. The van der Waals surface area contributed by atoms with E-state index < -0.39 is 11.1 Å². The molecule has 152 valence electrons. The average Bonchev–Trinajstić information content (AvgIpc) is 3.14. The van der Waals surface area contributed by atoms with E-state index >= 15 is 0 Å². The number of allylic oxidation sites excluding steroid dienone is 1. The molecule has 0 radical (unpaired) electrons. The van der Waals surface area contributed by atoms with Gasteiger partial charge in [0.05, 0.1) is 16.2 Å². The van der Waals surface area contributed by atoms with E-state index in [-0.39, 0.29) is 18.0 Å². The number of hydrogen-bond donors (Lipinski definition) is 1. The third-order valence-corrected chi connectivity index (χ3v) is 5.58. The second-order valence-electron chi connectivity index (χ2n) is 6.60. The molecule has 7 nitrogen and oxygen atoms in total. The van der Waals surface area contributed by atoms with Gasteiger partial charge in [0.1, 0.15) is 5.82 Å². The highest BCUT2D eigenvalue weighted by Gasteiger charge is 2.21. The number of amides is 1. The Bertz CT molecular complexity index is 1330. The van der Waals surface area contributed by atoms with E-state index in [0.717, 1.165) is 0 Å². The number of fused-ring (bicyclic) bond motifs is 3. The molecule has 0 aliphatic carbocycles. The van der Waals surface area contributed by atoms with Gasteiger partial charge in [0.25, 0.3) is 5.56 Å². The van der Waals surface area contributed by atoms with Crippen molar-refractivity contribution in [2.24, 2.45) is 0 Å². The number of para-hydroxylation sites is 1. The predicted molar refractivity (Wildman–Crippen MR) is 115 cm³/mol. The summed E-state index contributed by atoms with van der Waals surface area (Å²) in [6.07, 6.45) is 1.62. The molecule has 0 spiro atoms. The van der Waals surface area contributed by atoms with E-state index in [9.17, 15) is 14.0 Å². The Kier molecular flexibility index (Phi) is 5.37. The standard InChI is InChI=1S/C21H18FN5O2S/c1-3-11-26-19(29)16-9-4-5-10-17(16)27-20(26)24-25-21(27)30-13(2)18(28)23-15-8-6-7-14(22)12-15/h3-10,12-13H,1,11H2,2H3,(H,23,28). The van der Waals surface area contributed by atoms with Crippen LogP contribution >= 0.6 is 11.8 Å². The highest BCUT2D eigenvalue weighted by molar-refractivity contribution is 8.00. The van der Waals surface area contributed by atoms with E-state index in [0.29, 0.717) is 27.5 Å². The first-order chi connectivity index (χ1) is 14.5. The van der Waals surface area contributed by atoms with Crippen molar-refractivity contribution in [3.63, 3.8) is 0 Å². The van der Waals surface area contributed by atoms with Gasteiger partial charge in [0.2, 0.25) is 11.7 Å². The molecule has 1 amide bonds. The van der Waals surface area contributed by atoms with Gasteiger partial charge in [0.15, 0.2) is 5.16 Å². The molecule has 0 saturated carbocycles. The molecular formula is C21H18FN5O2S. The molecule has 1 N–H and O–H groups in total. The number of thioether (sulfide) groups is 1. The molecule has 1 atom stereocenters. The minimum absolute atomic E-state index is 0.182. The molecule has 9 heteroatoms. The lowest BCUT2D eigenvalue weighted by Crippen LogP contribution is -2.24. The summed E-state index contributed by atoms with van der Waals surface area (Å²) >= 11 is 1.20. The Labute approximate surface area is 175 Å². The van der Waals surface area contributed by atoms with Crippen LogP contribution in [0.25, 0.3) is 16.7 Å². The minimum Gasteiger partial charge on any atom is -0.325 e. The Morgan fingerprint density at radius 2 is 2.07 bits per heavy atom. The summed E-state index contributed by atoms with van der Waals surface area (Å²) in [7, 11) is 0. The number of hydrogen-bond acceptors (Lipinski definition) is 5. The molecule has 0 aliphatic heterocycles. The summed E-state index contributed by atoms with van der Waals surface area (Å²) in [5.74, 6) is -0.354. The minimum atomic E-state index is -0.542. The lowest BCUT2D eigenvalue weighted by Gasteiger charge is -2.13. The quantitative estimate of drug-likeness (QED) is 0.379. The predicted octanol–water partition coefficient (Wildman–Crippen LogP) is 3.49. The monoisotopic (exact) mass is 423 g/mol. The van der Waals surface area contributed by atoms with Crippen molar-refractivity contribution in [1.29, 1.82) is 0 Å². The number of nitrogens with one attached hydrogen (secondary N) is 1. The van der Waals surface area contributed by atoms with Gasteiger partial charge in [-0.2, -0.15) is 0 Å². The van der Waals surface area contributed by atoms with Gasteiger partial charge < -0.3 is 5.32 Å². The zero-order chi connectivity index (χ0) is 21.3. The molecule has 1 unspecified atom stereocenters. The summed E-state index contributed by atoms with van der Waals surface area (Å²) in [4.78, 5) is 25.4. The molecule has 4 aromatic rings. The van der Waals surface area contributed by atoms with Gasteiger partial charge in [-0.15, -0.1) is 16.8 Å². The molecule has 2 aromatic carbocycles. The van der Waals surface area contributed by atoms with Crippen LogP contribution in [0.15, 0.2) is 71.1 Å². The number of halogens is 1. The fraction of sp³-hybridized carbons (Fsp3) is 0.143. The van der Waals surface area contributed by atoms with E-state index in [2.05, 4.69) is 22.1 Å². The maximum absolute atomic E-state index is 13.4. The number of anilines is 1. The average molecular weight is 423 g/mol. The molecule has 0 bridgehead atoms. The Morgan fingerprint density at radius 3 is 2.83 bits per heavy atom. The lowest BCUT2D eigenvalue weighted by molar-refractivity contribution is -0.115. The fourth-order valence-electron chi connectivity index (χ4n) is 3.13. The Morgan fingerprint density at radius 1 is 1.27 bits per heavy atom. The first-order valence-corrected chi connectivity index (χ1v) is 10.1. The molecule has 0 aliphatic rings. The number of carbonyl (C=O) groups is 1. The van der Waals surface area contributed by atoms with E-state index in [1.165, 1.54) is 34.5 Å². The zero-order valence-electron chi connectivity index (χ0n) is 16.1. The molecule has 2 heterocycles. The molecule has 30 heavy (non-hydrogen) atoms. The van der Waals surface area contributed by atoms with Gasteiger partial charge >= 0.3 is 0 Å². The van der Waals surface area contributed by atoms with Crippen molar-refractivity contribution in [3.8, 4) is 0 Å². The summed E-state index contributed by atoms with van der Waals surface area (Å²) in [6.45, 7) is 5.71. The second-order valence-corrected chi connectivity index (χ2v) is 7.91. The smallest absolute Gasteiger partial charge is 0.263 e. The summed E-state index contributed by atoms with van der Waals surface area (Å²) in [5, 5.41) is 11.5. The van der Waals surface area contributed by atoms with Crippen molar-refractivity contribution in [2.75, 3.05) is 5.32 Å². The SMILES string of the molecule is C=CCn1c(=O)c2ccccc2n2c(SC(C)C(=O)Nc3cccc(F)c3)nnc12. The van der Waals surface area contributed by atoms with Crippen molar-refractivity contribution < 1.29 is 9.18 Å². The van der Waals surface area contributed by atoms with Crippen LogP contribution in [-0.4, -0.2) is 30.3 Å². The summed E-state index contributed by atoms with van der Waals surface area (Å²) in [5.41, 5.74) is 0.853. The number of aromatic nitrogens is 4. The lowest BCUT2D eigenvalue weighted by atomic mass is 10.2. The van der Waals surface area contributed by atoms with Gasteiger partial charge in [-0.25, -0.2) is 4.39 Å². The van der Waals surface area contributed by atoms with Gasteiger partial charge in [0, 0.05) is 12.2 Å². The van der Waals surface area contributed by atoms with Crippen LogP contribution in [0.1, 0.15) is 6.92 Å². The van der Waals surface area contributed by atoms with E-state index in [1.807, 2.05) is 12.1 Å². The van der Waals surface area contributed by atoms with Crippen LogP contribution in [0.4, 0.5) is 10.1 Å². The van der Waals surface area contributed by atoms with E-state index in [4.69, 9.17) is 0 Å². The summed E-state index contributed by atoms with van der Waals surface area (Å²) < 4.78 is 16.6. The van der Waals surface area contributed by atoms with Crippen molar-refractivity contribution in [1.82, 2.24) is 19.2 Å². The normalized spacial score (nSPS) is 12.2. The highest BCUT2D eigenvalue weighted by atomic mass is 32.2.